The number of aliphatic hydroxyl groups excluding tert-OH is 1. The lowest BCUT2D eigenvalue weighted by atomic mass is 10.1. The summed E-state index contributed by atoms with van der Waals surface area (Å²) in [6.07, 6.45) is 0.189. The summed E-state index contributed by atoms with van der Waals surface area (Å²) >= 11 is 0. The molecule has 84 valence electrons. The van der Waals surface area contributed by atoms with Crippen molar-refractivity contribution in [3.63, 3.8) is 0 Å². The van der Waals surface area contributed by atoms with Gasteiger partial charge in [-0.2, -0.15) is 0 Å². The summed E-state index contributed by atoms with van der Waals surface area (Å²) in [6, 6.07) is 0. The van der Waals surface area contributed by atoms with Gasteiger partial charge in [0.1, 0.15) is 0 Å². The van der Waals surface area contributed by atoms with Crippen molar-refractivity contribution >= 4 is 0 Å². The zero-order chi connectivity index (χ0) is 10.6. The van der Waals surface area contributed by atoms with Gasteiger partial charge in [0.2, 0.25) is 0 Å². The first-order valence-electron chi connectivity index (χ1n) is 5.34. The van der Waals surface area contributed by atoms with E-state index in [1.807, 2.05) is 6.92 Å². The van der Waals surface area contributed by atoms with Crippen LogP contribution in [0.15, 0.2) is 0 Å². The molecule has 1 saturated heterocycles. The van der Waals surface area contributed by atoms with Gasteiger partial charge in [0.05, 0.1) is 18.8 Å². The number of hydrogen-bond acceptors (Lipinski definition) is 4. The third kappa shape index (κ3) is 3.53. The molecule has 4 heteroatoms. The zero-order valence-electron chi connectivity index (χ0n) is 9.15. The topological polar surface area (TPSA) is 58.7 Å². The number of rotatable bonds is 4. The van der Waals surface area contributed by atoms with Gasteiger partial charge in [-0.25, -0.2) is 0 Å². The SMILES string of the molecule is CC(CN)CN1CC(C)OC(CO)C1. The molecule has 0 aromatic rings. The number of nitrogens with zero attached hydrogens (tertiary/aromatic N) is 1. The maximum absolute atomic E-state index is 9.04. The van der Waals surface area contributed by atoms with Crippen LogP contribution in [-0.4, -0.2) is 55.0 Å². The van der Waals surface area contributed by atoms with Gasteiger partial charge in [0.25, 0.3) is 0 Å². The van der Waals surface area contributed by atoms with E-state index in [0.717, 1.165) is 26.2 Å². The van der Waals surface area contributed by atoms with Crippen molar-refractivity contribution in [2.45, 2.75) is 26.1 Å². The third-order valence-electron chi connectivity index (χ3n) is 2.58. The Morgan fingerprint density at radius 1 is 1.57 bits per heavy atom. The van der Waals surface area contributed by atoms with Crippen LogP contribution < -0.4 is 5.73 Å². The fourth-order valence-electron chi connectivity index (χ4n) is 1.91. The lowest BCUT2D eigenvalue weighted by Crippen LogP contribution is -2.49. The van der Waals surface area contributed by atoms with E-state index >= 15 is 0 Å². The van der Waals surface area contributed by atoms with E-state index < -0.39 is 0 Å². The Balaban J connectivity index is 2.37. The Kier molecular flexibility index (Phi) is 4.81. The molecule has 4 nitrogen and oxygen atoms in total. The van der Waals surface area contributed by atoms with Crippen molar-refractivity contribution in [1.82, 2.24) is 4.90 Å². The standard InChI is InChI=1S/C10H22N2O2/c1-8(3-11)4-12-5-9(2)14-10(6-12)7-13/h8-10,13H,3-7,11H2,1-2H3. The van der Waals surface area contributed by atoms with Crippen molar-refractivity contribution in [2.75, 3.05) is 32.8 Å². The van der Waals surface area contributed by atoms with E-state index in [0.29, 0.717) is 5.92 Å². The minimum Gasteiger partial charge on any atom is -0.394 e. The molecule has 1 rings (SSSR count). The smallest absolute Gasteiger partial charge is 0.0936 e. The van der Waals surface area contributed by atoms with Crippen molar-refractivity contribution in [1.29, 1.82) is 0 Å². The van der Waals surface area contributed by atoms with Crippen LogP contribution in [0.2, 0.25) is 0 Å². The van der Waals surface area contributed by atoms with Gasteiger partial charge in [-0.3, -0.25) is 4.90 Å². The van der Waals surface area contributed by atoms with Crippen LogP contribution in [0.1, 0.15) is 13.8 Å². The summed E-state index contributed by atoms with van der Waals surface area (Å²) < 4.78 is 5.56. The largest absolute Gasteiger partial charge is 0.394 e. The number of nitrogens with two attached hydrogens (primary N) is 1. The van der Waals surface area contributed by atoms with Crippen molar-refractivity contribution < 1.29 is 9.84 Å². The Morgan fingerprint density at radius 2 is 2.29 bits per heavy atom. The highest BCUT2D eigenvalue weighted by atomic mass is 16.5. The second-order valence-electron chi connectivity index (χ2n) is 4.31. The summed E-state index contributed by atoms with van der Waals surface area (Å²) in [5.74, 6) is 0.514. The van der Waals surface area contributed by atoms with E-state index in [-0.39, 0.29) is 18.8 Å². The Labute approximate surface area is 86.0 Å². The Morgan fingerprint density at radius 3 is 2.86 bits per heavy atom. The van der Waals surface area contributed by atoms with Gasteiger partial charge in [-0.15, -0.1) is 0 Å². The molecule has 14 heavy (non-hydrogen) atoms. The van der Waals surface area contributed by atoms with Crippen LogP contribution in [0, 0.1) is 5.92 Å². The first-order chi connectivity index (χ1) is 6.65. The second-order valence-corrected chi connectivity index (χ2v) is 4.31. The van der Waals surface area contributed by atoms with Crippen LogP contribution in [0.25, 0.3) is 0 Å². The highest BCUT2D eigenvalue weighted by molar-refractivity contribution is 4.76. The van der Waals surface area contributed by atoms with Gasteiger partial charge in [0.15, 0.2) is 0 Å². The summed E-state index contributed by atoms with van der Waals surface area (Å²) in [5.41, 5.74) is 5.58. The first kappa shape index (κ1) is 11.9. The lowest BCUT2D eigenvalue weighted by molar-refractivity contribution is -0.0972. The first-order valence-corrected chi connectivity index (χ1v) is 5.34. The molecule has 0 saturated carbocycles. The predicted octanol–water partition coefficient (Wildman–Crippen LogP) is -0.337. The molecule has 0 radical (unpaired) electrons. The minimum atomic E-state index is -0.0243. The maximum Gasteiger partial charge on any atom is 0.0936 e. The third-order valence-corrected chi connectivity index (χ3v) is 2.58. The van der Waals surface area contributed by atoms with Crippen LogP contribution in [0.3, 0.4) is 0 Å². The van der Waals surface area contributed by atoms with E-state index in [4.69, 9.17) is 15.6 Å². The molecule has 3 atom stereocenters. The molecule has 0 bridgehead atoms. The molecule has 0 amide bonds. The molecular formula is C10H22N2O2. The monoisotopic (exact) mass is 202 g/mol. The predicted molar refractivity (Wildman–Crippen MR) is 56.1 cm³/mol. The van der Waals surface area contributed by atoms with Crippen molar-refractivity contribution in [2.24, 2.45) is 11.7 Å². The summed E-state index contributed by atoms with van der Waals surface area (Å²) in [7, 11) is 0. The quantitative estimate of drug-likeness (QED) is 0.655. The Hall–Kier alpha value is -0.160. The molecule has 1 aliphatic rings. The highest BCUT2D eigenvalue weighted by Crippen LogP contribution is 2.12. The highest BCUT2D eigenvalue weighted by Gasteiger charge is 2.25. The van der Waals surface area contributed by atoms with E-state index in [2.05, 4.69) is 11.8 Å². The van der Waals surface area contributed by atoms with Gasteiger partial charge in [-0.1, -0.05) is 6.92 Å². The number of ether oxygens (including phenoxy) is 1. The molecule has 0 aromatic heterocycles. The van der Waals surface area contributed by atoms with Crippen LogP contribution in [0.5, 0.6) is 0 Å². The molecular weight excluding hydrogens is 180 g/mol. The molecule has 3 N–H and O–H groups in total. The van der Waals surface area contributed by atoms with Crippen molar-refractivity contribution in [3.05, 3.63) is 0 Å². The van der Waals surface area contributed by atoms with Crippen LogP contribution >= 0.6 is 0 Å². The van der Waals surface area contributed by atoms with Gasteiger partial charge >= 0.3 is 0 Å². The van der Waals surface area contributed by atoms with Gasteiger partial charge < -0.3 is 15.6 Å². The zero-order valence-corrected chi connectivity index (χ0v) is 9.15. The normalized spacial score (nSPS) is 31.7. The molecule has 1 fully saturated rings. The summed E-state index contributed by atoms with van der Waals surface area (Å²) in [6.45, 7) is 7.79. The second kappa shape index (κ2) is 5.66. The number of morpholine rings is 1. The molecule has 3 unspecified atom stereocenters. The molecule has 0 aromatic carbocycles. The number of hydrogen-bond donors (Lipinski definition) is 2. The lowest BCUT2D eigenvalue weighted by Gasteiger charge is -2.37. The van der Waals surface area contributed by atoms with Crippen LogP contribution in [0.4, 0.5) is 0 Å². The van der Waals surface area contributed by atoms with Crippen molar-refractivity contribution in [3.8, 4) is 0 Å². The Bertz CT molecular complexity index is 164. The molecule has 1 aliphatic heterocycles. The van der Waals surface area contributed by atoms with Crippen LogP contribution in [-0.2, 0) is 4.74 Å². The molecule has 0 spiro atoms. The summed E-state index contributed by atoms with van der Waals surface area (Å²) in [5, 5.41) is 9.04. The maximum atomic E-state index is 9.04. The van der Waals surface area contributed by atoms with Gasteiger partial charge in [0, 0.05) is 19.6 Å². The molecule has 0 aliphatic carbocycles. The fraction of sp³-hybridized carbons (Fsp3) is 1.00. The van der Waals surface area contributed by atoms with E-state index in [1.165, 1.54) is 0 Å². The molecule has 1 heterocycles. The van der Waals surface area contributed by atoms with Gasteiger partial charge in [-0.05, 0) is 19.4 Å². The fourth-order valence-corrected chi connectivity index (χ4v) is 1.91. The summed E-state index contributed by atoms with van der Waals surface area (Å²) in [4.78, 5) is 2.33. The average molecular weight is 202 g/mol. The van der Waals surface area contributed by atoms with E-state index in [9.17, 15) is 0 Å². The average Bonchev–Trinajstić information content (AvgIpc) is 2.16. The minimum absolute atomic E-state index is 0.0243. The van der Waals surface area contributed by atoms with E-state index in [1.54, 1.807) is 0 Å². The number of aliphatic hydroxyl groups is 1.